The van der Waals surface area contributed by atoms with Gasteiger partial charge in [0.05, 0.1) is 13.7 Å². The Hall–Kier alpha value is -2.83. The molecule has 0 saturated carbocycles. The molecule has 1 aromatic carbocycles. The van der Waals surface area contributed by atoms with E-state index in [4.69, 9.17) is 9.47 Å². The first-order valence-corrected chi connectivity index (χ1v) is 7.88. The van der Waals surface area contributed by atoms with Crippen molar-refractivity contribution < 1.29 is 23.9 Å². The number of imide groups is 2. The average molecular weight is 346 g/mol. The van der Waals surface area contributed by atoms with Gasteiger partial charge in [-0.05, 0) is 29.7 Å². The second kappa shape index (κ2) is 7.38. The number of benzene rings is 1. The molecule has 0 N–H and O–H groups in total. The van der Waals surface area contributed by atoms with Crippen molar-refractivity contribution in [2.24, 2.45) is 5.92 Å². The predicted molar refractivity (Wildman–Crippen MR) is 92.2 cm³/mol. The van der Waals surface area contributed by atoms with Gasteiger partial charge >= 0.3 is 6.03 Å². The first-order valence-electron chi connectivity index (χ1n) is 7.88. The highest BCUT2D eigenvalue weighted by Gasteiger charge is 2.37. The Morgan fingerprint density at radius 1 is 1.04 bits per heavy atom. The first kappa shape index (κ1) is 18.5. The van der Waals surface area contributed by atoms with E-state index in [9.17, 15) is 14.4 Å². The standard InChI is InChI=1S/C18H22N2O5/c1-11(2)10-25-14-7-6-12(9-15(14)24-5)8-13-16(21)19(3)18(23)20(4)17(13)22/h6-9,11H,10H2,1-5H3. The number of carbonyl (C=O) groups is 3. The molecule has 2 rings (SSSR count). The third-order valence-corrected chi connectivity index (χ3v) is 3.71. The summed E-state index contributed by atoms with van der Waals surface area (Å²) in [5.41, 5.74) is 0.518. The van der Waals surface area contributed by atoms with E-state index in [0.29, 0.717) is 29.6 Å². The summed E-state index contributed by atoms with van der Waals surface area (Å²) in [4.78, 5) is 38.0. The fourth-order valence-electron chi connectivity index (χ4n) is 2.29. The summed E-state index contributed by atoms with van der Waals surface area (Å²) in [6.07, 6.45) is 1.44. The summed E-state index contributed by atoms with van der Waals surface area (Å²) in [6, 6.07) is 4.48. The lowest BCUT2D eigenvalue weighted by molar-refractivity contribution is -0.134. The van der Waals surface area contributed by atoms with Gasteiger partial charge in [-0.25, -0.2) is 4.79 Å². The van der Waals surface area contributed by atoms with E-state index < -0.39 is 17.8 Å². The molecule has 7 heteroatoms. The third kappa shape index (κ3) is 3.81. The van der Waals surface area contributed by atoms with Gasteiger partial charge in [0.15, 0.2) is 11.5 Å². The summed E-state index contributed by atoms with van der Waals surface area (Å²) < 4.78 is 11.0. The maximum Gasteiger partial charge on any atom is 0.333 e. The number of carbonyl (C=O) groups excluding carboxylic acids is 3. The van der Waals surface area contributed by atoms with E-state index in [1.807, 2.05) is 13.8 Å². The fourth-order valence-corrected chi connectivity index (χ4v) is 2.29. The van der Waals surface area contributed by atoms with Crippen LogP contribution >= 0.6 is 0 Å². The molecular formula is C18H22N2O5. The Morgan fingerprint density at radius 3 is 2.16 bits per heavy atom. The Bertz CT molecular complexity index is 713. The van der Waals surface area contributed by atoms with Crippen LogP contribution in [0.2, 0.25) is 0 Å². The molecule has 0 bridgehead atoms. The largest absolute Gasteiger partial charge is 0.493 e. The normalized spacial score (nSPS) is 15.1. The average Bonchev–Trinajstić information content (AvgIpc) is 2.60. The van der Waals surface area contributed by atoms with Crippen molar-refractivity contribution in [3.63, 3.8) is 0 Å². The number of nitrogens with zero attached hydrogens (tertiary/aromatic N) is 2. The van der Waals surface area contributed by atoms with Crippen molar-refractivity contribution in [1.29, 1.82) is 0 Å². The number of methoxy groups -OCH3 is 1. The highest BCUT2D eigenvalue weighted by atomic mass is 16.5. The van der Waals surface area contributed by atoms with Crippen molar-refractivity contribution in [2.45, 2.75) is 13.8 Å². The van der Waals surface area contributed by atoms with Gasteiger partial charge < -0.3 is 9.47 Å². The van der Waals surface area contributed by atoms with Crippen molar-refractivity contribution in [1.82, 2.24) is 9.80 Å². The molecule has 1 aromatic rings. The van der Waals surface area contributed by atoms with Crippen molar-refractivity contribution in [3.05, 3.63) is 29.3 Å². The molecule has 0 aromatic heterocycles. The topological polar surface area (TPSA) is 76.2 Å². The van der Waals surface area contributed by atoms with Gasteiger partial charge in [-0.15, -0.1) is 0 Å². The first-order chi connectivity index (χ1) is 11.8. The molecule has 0 spiro atoms. The smallest absolute Gasteiger partial charge is 0.333 e. The Morgan fingerprint density at radius 2 is 1.64 bits per heavy atom. The second-order valence-corrected chi connectivity index (χ2v) is 6.18. The van der Waals surface area contributed by atoms with E-state index in [-0.39, 0.29) is 5.57 Å². The molecule has 0 aliphatic carbocycles. The van der Waals surface area contributed by atoms with Gasteiger partial charge in [0.1, 0.15) is 5.57 Å². The molecule has 4 amide bonds. The lowest BCUT2D eigenvalue weighted by Gasteiger charge is -2.28. The molecule has 1 aliphatic rings. The van der Waals surface area contributed by atoms with Gasteiger partial charge in [0, 0.05) is 14.1 Å². The van der Waals surface area contributed by atoms with Crippen LogP contribution in [-0.4, -0.2) is 55.5 Å². The van der Waals surface area contributed by atoms with Crippen LogP contribution < -0.4 is 9.47 Å². The fraction of sp³-hybridized carbons (Fsp3) is 0.389. The molecule has 7 nitrogen and oxygen atoms in total. The Kier molecular flexibility index (Phi) is 5.46. The van der Waals surface area contributed by atoms with Crippen LogP contribution in [0.3, 0.4) is 0 Å². The number of urea groups is 1. The third-order valence-electron chi connectivity index (χ3n) is 3.71. The number of hydrogen-bond acceptors (Lipinski definition) is 5. The van der Waals surface area contributed by atoms with E-state index in [2.05, 4.69) is 0 Å². The SMILES string of the molecule is COc1cc(C=C2C(=O)N(C)C(=O)N(C)C2=O)ccc1OCC(C)C. The summed E-state index contributed by atoms with van der Waals surface area (Å²) in [5.74, 6) is 0.194. The number of ether oxygens (including phenoxy) is 2. The van der Waals surface area contributed by atoms with Crippen molar-refractivity contribution in [3.8, 4) is 11.5 Å². The van der Waals surface area contributed by atoms with E-state index in [1.54, 1.807) is 18.2 Å². The van der Waals surface area contributed by atoms with Crippen LogP contribution in [-0.2, 0) is 9.59 Å². The summed E-state index contributed by atoms with van der Waals surface area (Å²) in [6.45, 7) is 4.63. The highest BCUT2D eigenvalue weighted by molar-refractivity contribution is 6.30. The summed E-state index contributed by atoms with van der Waals surface area (Å²) in [7, 11) is 4.20. The maximum absolute atomic E-state index is 12.2. The van der Waals surface area contributed by atoms with Crippen molar-refractivity contribution in [2.75, 3.05) is 27.8 Å². The molecule has 25 heavy (non-hydrogen) atoms. The van der Waals surface area contributed by atoms with Crippen molar-refractivity contribution >= 4 is 23.9 Å². The quantitative estimate of drug-likeness (QED) is 0.603. The number of rotatable bonds is 5. The predicted octanol–water partition coefficient (Wildman–Crippen LogP) is 2.16. The summed E-state index contributed by atoms with van der Waals surface area (Å²) >= 11 is 0. The van der Waals surface area contributed by atoms with E-state index in [1.165, 1.54) is 27.3 Å². The van der Waals surface area contributed by atoms with Crippen LogP contribution in [0.4, 0.5) is 4.79 Å². The summed E-state index contributed by atoms with van der Waals surface area (Å²) in [5, 5.41) is 0. The lowest BCUT2D eigenvalue weighted by Crippen LogP contribution is -2.52. The number of hydrogen-bond donors (Lipinski definition) is 0. The molecule has 1 heterocycles. The molecule has 1 aliphatic heterocycles. The Labute approximate surface area is 146 Å². The Balaban J connectivity index is 2.35. The van der Waals surface area contributed by atoms with Crippen LogP contribution in [0.1, 0.15) is 19.4 Å². The van der Waals surface area contributed by atoms with Gasteiger partial charge in [-0.2, -0.15) is 0 Å². The van der Waals surface area contributed by atoms with Crippen LogP contribution in [0.5, 0.6) is 11.5 Å². The zero-order chi connectivity index (χ0) is 18.7. The zero-order valence-corrected chi connectivity index (χ0v) is 15.0. The number of barbiturate groups is 1. The molecular weight excluding hydrogens is 324 g/mol. The maximum atomic E-state index is 12.2. The zero-order valence-electron chi connectivity index (χ0n) is 15.0. The van der Waals surface area contributed by atoms with Crippen LogP contribution in [0.15, 0.2) is 23.8 Å². The minimum atomic E-state index is -0.651. The molecule has 0 radical (unpaired) electrons. The monoisotopic (exact) mass is 346 g/mol. The highest BCUT2D eigenvalue weighted by Crippen LogP contribution is 2.30. The van der Waals surface area contributed by atoms with E-state index >= 15 is 0 Å². The van der Waals surface area contributed by atoms with Gasteiger partial charge in [-0.1, -0.05) is 19.9 Å². The minimum absolute atomic E-state index is 0.0810. The molecule has 1 fully saturated rings. The molecule has 0 unspecified atom stereocenters. The van der Waals surface area contributed by atoms with Crippen LogP contribution in [0.25, 0.3) is 6.08 Å². The molecule has 1 saturated heterocycles. The molecule has 0 atom stereocenters. The van der Waals surface area contributed by atoms with E-state index in [0.717, 1.165) is 9.80 Å². The number of likely N-dealkylation sites (N-methyl/N-ethyl adjacent to an activating group) is 2. The lowest BCUT2D eigenvalue weighted by atomic mass is 10.1. The van der Waals surface area contributed by atoms with Gasteiger partial charge in [0.25, 0.3) is 11.8 Å². The van der Waals surface area contributed by atoms with Crippen LogP contribution in [0, 0.1) is 5.92 Å². The second-order valence-electron chi connectivity index (χ2n) is 6.18. The minimum Gasteiger partial charge on any atom is -0.493 e. The number of amides is 4. The van der Waals surface area contributed by atoms with Gasteiger partial charge in [0.2, 0.25) is 0 Å². The van der Waals surface area contributed by atoms with Gasteiger partial charge in [-0.3, -0.25) is 19.4 Å². The molecule has 134 valence electrons.